The van der Waals surface area contributed by atoms with Crippen LogP contribution < -0.4 is 10.2 Å². The smallest absolute Gasteiger partial charge is 0.257 e. The fourth-order valence-electron chi connectivity index (χ4n) is 3.37. The summed E-state index contributed by atoms with van der Waals surface area (Å²) >= 11 is 6.11. The molecule has 6 heteroatoms. The zero-order valence-corrected chi connectivity index (χ0v) is 16.2. The summed E-state index contributed by atoms with van der Waals surface area (Å²) in [6.07, 6.45) is 3.70. The first-order chi connectivity index (χ1) is 13.7. The SMILES string of the molecule is O=C(Nc1cccc(-c2ccc(N3CCCCC3)nn2)c1)c1ccccc1Cl. The van der Waals surface area contributed by atoms with Crippen LogP contribution in [-0.2, 0) is 0 Å². The zero-order chi connectivity index (χ0) is 19.3. The van der Waals surface area contributed by atoms with E-state index in [1.54, 1.807) is 24.3 Å². The number of carbonyl (C=O) groups excluding carboxylic acids is 1. The van der Waals surface area contributed by atoms with Crippen LogP contribution in [0.15, 0.2) is 60.7 Å². The molecule has 1 N–H and O–H groups in total. The molecule has 0 unspecified atom stereocenters. The fourth-order valence-corrected chi connectivity index (χ4v) is 3.59. The van der Waals surface area contributed by atoms with Gasteiger partial charge in [-0.1, -0.05) is 35.9 Å². The monoisotopic (exact) mass is 392 g/mol. The number of rotatable bonds is 4. The van der Waals surface area contributed by atoms with Gasteiger partial charge in [0.05, 0.1) is 16.3 Å². The van der Waals surface area contributed by atoms with Crippen LogP contribution in [0.2, 0.25) is 5.02 Å². The third-order valence-electron chi connectivity index (χ3n) is 4.87. The van der Waals surface area contributed by atoms with Gasteiger partial charge in [0.2, 0.25) is 0 Å². The zero-order valence-electron chi connectivity index (χ0n) is 15.4. The quantitative estimate of drug-likeness (QED) is 0.675. The van der Waals surface area contributed by atoms with Gasteiger partial charge >= 0.3 is 0 Å². The third kappa shape index (κ3) is 4.15. The first-order valence-electron chi connectivity index (χ1n) is 9.46. The third-order valence-corrected chi connectivity index (χ3v) is 5.19. The highest BCUT2D eigenvalue weighted by Crippen LogP contribution is 2.24. The molecule has 1 amide bonds. The molecule has 142 valence electrons. The highest BCUT2D eigenvalue weighted by molar-refractivity contribution is 6.34. The van der Waals surface area contributed by atoms with Crippen LogP contribution >= 0.6 is 11.6 Å². The predicted molar refractivity (Wildman–Crippen MR) is 113 cm³/mol. The fraction of sp³-hybridized carbons (Fsp3) is 0.227. The Labute approximate surface area is 169 Å². The van der Waals surface area contributed by atoms with Gasteiger partial charge in [-0.05, 0) is 55.7 Å². The molecule has 0 aliphatic carbocycles. The number of amides is 1. The van der Waals surface area contributed by atoms with E-state index in [0.29, 0.717) is 16.3 Å². The molecule has 3 aromatic rings. The van der Waals surface area contributed by atoms with E-state index in [4.69, 9.17) is 11.6 Å². The van der Waals surface area contributed by atoms with Gasteiger partial charge in [0, 0.05) is 24.3 Å². The lowest BCUT2D eigenvalue weighted by atomic mass is 10.1. The molecule has 2 aromatic carbocycles. The van der Waals surface area contributed by atoms with Crippen molar-refractivity contribution in [3.05, 3.63) is 71.2 Å². The maximum atomic E-state index is 12.5. The lowest BCUT2D eigenvalue weighted by Gasteiger charge is -2.27. The summed E-state index contributed by atoms with van der Waals surface area (Å²) in [5.41, 5.74) is 2.80. The summed E-state index contributed by atoms with van der Waals surface area (Å²) in [6, 6.07) is 18.6. The maximum absolute atomic E-state index is 12.5. The lowest BCUT2D eigenvalue weighted by Crippen LogP contribution is -2.30. The minimum atomic E-state index is -0.241. The molecule has 0 atom stereocenters. The van der Waals surface area contributed by atoms with Gasteiger partial charge in [0.25, 0.3) is 5.91 Å². The average molecular weight is 393 g/mol. The highest BCUT2D eigenvalue weighted by atomic mass is 35.5. The number of hydrogen-bond donors (Lipinski definition) is 1. The number of carbonyl (C=O) groups is 1. The van der Waals surface area contributed by atoms with Crippen LogP contribution in [0.3, 0.4) is 0 Å². The van der Waals surface area contributed by atoms with Crippen LogP contribution in [0.1, 0.15) is 29.6 Å². The van der Waals surface area contributed by atoms with Crippen LogP contribution in [0, 0.1) is 0 Å². The molecule has 4 rings (SSSR count). The van der Waals surface area contributed by atoms with Gasteiger partial charge in [-0.25, -0.2) is 0 Å². The molecule has 1 aliphatic rings. The van der Waals surface area contributed by atoms with Gasteiger partial charge in [-0.15, -0.1) is 10.2 Å². The normalized spacial score (nSPS) is 14.0. The molecule has 0 spiro atoms. The molecule has 0 saturated carbocycles. The summed E-state index contributed by atoms with van der Waals surface area (Å²) in [4.78, 5) is 14.8. The minimum Gasteiger partial charge on any atom is -0.355 e. The first-order valence-corrected chi connectivity index (χ1v) is 9.83. The van der Waals surface area contributed by atoms with E-state index in [-0.39, 0.29) is 5.91 Å². The van der Waals surface area contributed by atoms with E-state index in [1.807, 2.05) is 36.4 Å². The number of anilines is 2. The van der Waals surface area contributed by atoms with Crippen molar-refractivity contribution >= 4 is 29.0 Å². The van der Waals surface area contributed by atoms with Crippen molar-refractivity contribution in [1.29, 1.82) is 0 Å². The molecule has 0 bridgehead atoms. The molecule has 28 heavy (non-hydrogen) atoms. The second-order valence-corrected chi connectivity index (χ2v) is 7.25. The van der Waals surface area contributed by atoms with Crippen molar-refractivity contribution in [3.8, 4) is 11.3 Å². The Bertz CT molecular complexity index is 968. The van der Waals surface area contributed by atoms with Gasteiger partial charge in [0.1, 0.15) is 0 Å². The summed E-state index contributed by atoms with van der Waals surface area (Å²) in [5.74, 6) is 0.681. The number of nitrogens with zero attached hydrogens (tertiary/aromatic N) is 3. The van der Waals surface area contributed by atoms with Crippen molar-refractivity contribution in [2.75, 3.05) is 23.3 Å². The second-order valence-electron chi connectivity index (χ2n) is 6.84. The Morgan fingerprint density at radius 3 is 2.50 bits per heavy atom. The van der Waals surface area contributed by atoms with E-state index in [2.05, 4.69) is 20.4 Å². The van der Waals surface area contributed by atoms with E-state index in [9.17, 15) is 4.79 Å². The predicted octanol–water partition coefficient (Wildman–Crippen LogP) is 5.04. The summed E-state index contributed by atoms with van der Waals surface area (Å²) in [6.45, 7) is 2.08. The van der Waals surface area contributed by atoms with Gasteiger partial charge in [-0.3, -0.25) is 4.79 Å². The molecular formula is C22H21ClN4O. The van der Waals surface area contributed by atoms with Crippen LogP contribution in [0.4, 0.5) is 11.5 Å². The van der Waals surface area contributed by atoms with Crippen molar-refractivity contribution < 1.29 is 4.79 Å². The summed E-state index contributed by atoms with van der Waals surface area (Å²) < 4.78 is 0. The number of nitrogens with one attached hydrogen (secondary N) is 1. The Kier molecular flexibility index (Phi) is 5.53. The van der Waals surface area contributed by atoms with E-state index in [0.717, 1.165) is 30.2 Å². The van der Waals surface area contributed by atoms with Crippen LogP contribution in [-0.4, -0.2) is 29.2 Å². The number of benzene rings is 2. The average Bonchev–Trinajstić information content (AvgIpc) is 2.75. The number of halogens is 1. The molecule has 0 radical (unpaired) electrons. The number of piperidine rings is 1. The first kappa shape index (κ1) is 18.4. The van der Waals surface area contributed by atoms with Gasteiger partial charge < -0.3 is 10.2 Å². The minimum absolute atomic E-state index is 0.241. The summed E-state index contributed by atoms with van der Waals surface area (Å²) in [7, 11) is 0. The Balaban J connectivity index is 1.50. The number of aromatic nitrogens is 2. The van der Waals surface area contributed by atoms with Gasteiger partial charge in [0.15, 0.2) is 5.82 Å². The Morgan fingerprint density at radius 2 is 1.75 bits per heavy atom. The van der Waals surface area contributed by atoms with Crippen molar-refractivity contribution in [1.82, 2.24) is 10.2 Å². The second kappa shape index (κ2) is 8.40. The molecule has 1 aliphatic heterocycles. The van der Waals surface area contributed by atoms with Crippen molar-refractivity contribution in [2.45, 2.75) is 19.3 Å². The Hall–Kier alpha value is -2.92. The largest absolute Gasteiger partial charge is 0.355 e. The molecule has 1 saturated heterocycles. The lowest BCUT2D eigenvalue weighted by molar-refractivity contribution is 0.102. The van der Waals surface area contributed by atoms with Gasteiger partial charge in [-0.2, -0.15) is 0 Å². The van der Waals surface area contributed by atoms with E-state index in [1.165, 1.54) is 19.3 Å². The topological polar surface area (TPSA) is 58.1 Å². The maximum Gasteiger partial charge on any atom is 0.257 e. The highest BCUT2D eigenvalue weighted by Gasteiger charge is 2.13. The summed E-state index contributed by atoms with van der Waals surface area (Å²) in [5, 5.41) is 12.1. The van der Waals surface area contributed by atoms with Crippen LogP contribution in [0.5, 0.6) is 0 Å². The Morgan fingerprint density at radius 1 is 0.929 bits per heavy atom. The van der Waals surface area contributed by atoms with Crippen molar-refractivity contribution in [2.24, 2.45) is 0 Å². The molecule has 5 nitrogen and oxygen atoms in total. The standard InChI is InChI=1S/C22H21ClN4O/c23-19-10-3-2-9-18(19)22(28)24-17-8-6-7-16(15-17)20-11-12-21(26-25-20)27-13-4-1-5-14-27/h2-3,6-12,15H,1,4-5,13-14H2,(H,24,28). The van der Waals surface area contributed by atoms with Crippen molar-refractivity contribution in [3.63, 3.8) is 0 Å². The number of hydrogen-bond acceptors (Lipinski definition) is 4. The molecule has 2 heterocycles. The van der Waals surface area contributed by atoms with Crippen LogP contribution in [0.25, 0.3) is 11.3 Å². The molecule has 1 aromatic heterocycles. The van der Waals surface area contributed by atoms with E-state index < -0.39 is 0 Å². The van der Waals surface area contributed by atoms with E-state index >= 15 is 0 Å². The molecule has 1 fully saturated rings. The molecular weight excluding hydrogens is 372 g/mol.